The fraction of sp³-hybridized carbons (Fsp3) is 0.600. The van der Waals surface area contributed by atoms with E-state index in [0.717, 1.165) is 0 Å². The lowest BCUT2D eigenvalue weighted by Gasteiger charge is -2.22. The number of nitrogens with one attached hydrogen (secondary N) is 1. The first-order chi connectivity index (χ1) is 5.24. The van der Waals surface area contributed by atoms with E-state index < -0.39 is 0 Å². The highest BCUT2D eigenvalue weighted by molar-refractivity contribution is 5.10. The smallest absolute Gasteiger partial charge is 0.00658 e. The number of hydrogen-bond donors (Lipinski definition) is 1. The van der Waals surface area contributed by atoms with E-state index in [1.165, 1.54) is 30.5 Å². The molecule has 1 aliphatic rings. The van der Waals surface area contributed by atoms with Crippen molar-refractivity contribution in [1.29, 1.82) is 0 Å². The molecule has 0 radical (unpaired) electrons. The van der Waals surface area contributed by atoms with Crippen molar-refractivity contribution in [2.45, 2.75) is 26.2 Å². The summed E-state index contributed by atoms with van der Waals surface area (Å²) in [6, 6.07) is 0. The molecule has 0 saturated carbocycles. The van der Waals surface area contributed by atoms with Crippen LogP contribution in [0.25, 0.3) is 0 Å². The predicted octanol–water partition coefficient (Wildman–Crippen LogP) is 2.47. The Bertz CT molecular complexity index is 179. The lowest BCUT2D eigenvalue weighted by molar-refractivity contribution is 0.516. The van der Waals surface area contributed by atoms with E-state index in [4.69, 9.17) is 0 Å². The Morgan fingerprint density at radius 1 is 1.73 bits per heavy atom. The third kappa shape index (κ3) is 2.11. The van der Waals surface area contributed by atoms with Crippen molar-refractivity contribution in [1.82, 2.24) is 5.32 Å². The standard InChI is InChI=1S/C10H17N/c1-8-4-6-10(7-5-8)9(2)11-3/h4,10-11H,2,5-7H2,1,3H3. The van der Waals surface area contributed by atoms with Gasteiger partial charge in [0.05, 0.1) is 0 Å². The van der Waals surface area contributed by atoms with E-state index in [-0.39, 0.29) is 0 Å². The van der Waals surface area contributed by atoms with Crippen LogP contribution in [0.15, 0.2) is 23.9 Å². The highest BCUT2D eigenvalue weighted by atomic mass is 14.8. The van der Waals surface area contributed by atoms with E-state index in [0.29, 0.717) is 5.92 Å². The van der Waals surface area contributed by atoms with Gasteiger partial charge < -0.3 is 5.32 Å². The summed E-state index contributed by atoms with van der Waals surface area (Å²) >= 11 is 0. The van der Waals surface area contributed by atoms with E-state index in [1.54, 1.807) is 0 Å². The summed E-state index contributed by atoms with van der Waals surface area (Å²) in [5, 5.41) is 3.13. The molecule has 0 saturated heterocycles. The maximum Gasteiger partial charge on any atom is 0.00658 e. The summed E-state index contributed by atoms with van der Waals surface area (Å²) in [5.41, 5.74) is 2.72. The quantitative estimate of drug-likeness (QED) is 0.598. The van der Waals surface area contributed by atoms with Gasteiger partial charge in [0.1, 0.15) is 0 Å². The lowest BCUT2D eigenvalue weighted by Crippen LogP contribution is -2.16. The molecule has 1 heteroatoms. The van der Waals surface area contributed by atoms with Gasteiger partial charge in [-0.25, -0.2) is 0 Å². The van der Waals surface area contributed by atoms with Crippen LogP contribution < -0.4 is 5.32 Å². The van der Waals surface area contributed by atoms with Crippen molar-refractivity contribution in [3.63, 3.8) is 0 Å². The van der Waals surface area contributed by atoms with Crippen molar-refractivity contribution in [2.75, 3.05) is 7.05 Å². The molecule has 1 atom stereocenters. The molecule has 0 aromatic rings. The average Bonchev–Trinajstić information content (AvgIpc) is 2.05. The first kappa shape index (κ1) is 8.38. The SMILES string of the molecule is C=C(NC)C1CC=C(C)CC1. The maximum atomic E-state index is 3.98. The van der Waals surface area contributed by atoms with Gasteiger partial charge in [-0.15, -0.1) is 0 Å². The van der Waals surface area contributed by atoms with Crippen LogP contribution in [-0.4, -0.2) is 7.05 Å². The van der Waals surface area contributed by atoms with E-state index in [9.17, 15) is 0 Å². The second-order valence-corrected chi connectivity index (χ2v) is 3.30. The molecule has 0 aliphatic heterocycles. The summed E-state index contributed by atoms with van der Waals surface area (Å²) in [6.07, 6.45) is 6.01. The van der Waals surface area contributed by atoms with Gasteiger partial charge in [0.2, 0.25) is 0 Å². The van der Waals surface area contributed by atoms with Gasteiger partial charge >= 0.3 is 0 Å². The van der Waals surface area contributed by atoms with Crippen LogP contribution in [0, 0.1) is 5.92 Å². The summed E-state index contributed by atoms with van der Waals surface area (Å²) in [4.78, 5) is 0. The zero-order chi connectivity index (χ0) is 8.27. The minimum Gasteiger partial charge on any atom is -0.392 e. The van der Waals surface area contributed by atoms with Crippen molar-refractivity contribution in [3.8, 4) is 0 Å². The molecule has 0 aromatic carbocycles. The van der Waals surface area contributed by atoms with Gasteiger partial charge in [-0.05, 0) is 26.2 Å². The summed E-state index contributed by atoms with van der Waals surface area (Å²) in [5.74, 6) is 0.670. The van der Waals surface area contributed by atoms with Crippen LogP contribution in [0.1, 0.15) is 26.2 Å². The molecular weight excluding hydrogens is 134 g/mol. The molecule has 0 fully saturated rings. The van der Waals surface area contributed by atoms with E-state index in [2.05, 4.69) is 24.9 Å². The molecule has 0 spiro atoms. The Hall–Kier alpha value is -0.720. The van der Waals surface area contributed by atoms with Crippen LogP contribution >= 0.6 is 0 Å². The first-order valence-electron chi connectivity index (χ1n) is 4.26. The fourth-order valence-corrected chi connectivity index (χ4v) is 1.49. The summed E-state index contributed by atoms with van der Waals surface area (Å²) in [7, 11) is 1.95. The highest BCUT2D eigenvalue weighted by Crippen LogP contribution is 2.26. The van der Waals surface area contributed by atoms with Crippen LogP contribution in [0.2, 0.25) is 0 Å². The molecule has 1 rings (SSSR count). The second-order valence-electron chi connectivity index (χ2n) is 3.30. The highest BCUT2D eigenvalue weighted by Gasteiger charge is 2.13. The van der Waals surface area contributed by atoms with Crippen LogP contribution in [0.3, 0.4) is 0 Å². The third-order valence-corrected chi connectivity index (χ3v) is 2.45. The molecule has 1 N–H and O–H groups in total. The molecule has 0 amide bonds. The molecule has 1 unspecified atom stereocenters. The lowest BCUT2D eigenvalue weighted by atomic mass is 9.88. The minimum absolute atomic E-state index is 0.670. The molecule has 62 valence electrons. The molecule has 1 aliphatic carbocycles. The fourth-order valence-electron chi connectivity index (χ4n) is 1.49. The summed E-state index contributed by atoms with van der Waals surface area (Å²) in [6.45, 7) is 6.19. The van der Waals surface area contributed by atoms with Gasteiger partial charge in [0.15, 0.2) is 0 Å². The van der Waals surface area contributed by atoms with Crippen molar-refractivity contribution in [2.24, 2.45) is 5.92 Å². The Kier molecular flexibility index (Phi) is 2.75. The van der Waals surface area contributed by atoms with E-state index >= 15 is 0 Å². The van der Waals surface area contributed by atoms with Gasteiger partial charge in [-0.3, -0.25) is 0 Å². The molecule has 0 heterocycles. The van der Waals surface area contributed by atoms with E-state index in [1.807, 2.05) is 7.05 Å². The minimum atomic E-state index is 0.670. The van der Waals surface area contributed by atoms with Crippen LogP contribution in [0.5, 0.6) is 0 Å². The largest absolute Gasteiger partial charge is 0.392 e. The van der Waals surface area contributed by atoms with Gasteiger partial charge in [0.25, 0.3) is 0 Å². The predicted molar refractivity (Wildman–Crippen MR) is 49.3 cm³/mol. The third-order valence-electron chi connectivity index (χ3n) is 2.45. The van der Waals surface area contributed by atoms with Gasteiger partial charge in [-0.2, -0.15) is 0 Å². The number of rotatable bonds is 2. The Balaban J connectivity index is 2.47. The zero-order valence-electron chi connectivity index (χ0n) is 7.48. The average molecular weight is 151 g/mol. The number of allylic oxidation sites excluding steroid dienone is 3. The van der Waals surface area contributed by atoms with Crippen LogP contribution in [0.4, 0.5) is 0 Å². The summed E-state index contributed by atoms with van der Waals surface area (Å²) < 4.78 is 0. The van der Waals surface area contributed by atoms with Gasteiger partial charge in [-0.1, -0.05) is 18.2 Å². The second kappa shape index (κ2) is 3.61. The number of hydrogen-bond acceptors (Lipinski definition) is 1. The van der Waals surface area contributed by atoms with Gasteiger partial charge in [0, 0.05) is 18.7 Å². The molecule has 0 bridgehead atoms. The molecule has 0 aromatic heterocycles. The Labute approximate surface area is 69.2 Å². The molecular formula is C10H17N. The molecule has 1 nitrogen and oxygen atoms in total. The van der Waals surface area contributed by atoms with Crippen molar-refractivity contribution in [3.05, 3.63) is 23.9 Å². The maximum absolute atomic E-state index is 3.98. The normalized spacial score (nSPS) is 24.2. The Morgan fingerprint density at radius 3 is 2.91 bits per heavy atom. The topological polar surface area (TPSA) is 12.0 Å². The zero-order valence-corrected chi connectivity index (χ0v) is 7.48. The van der Waals surface area contributed by atoms with Crippen molar-refractivity contribution >= 4 is 0 Å². The van der Waals surface area contributed by atoms with Crippen molar-refractivity contribution < 1.29 is 0 Å². The first-order valence-corrected chi connectivity index (χ1v) is 4.26. The Morgan fingerprint density at radius 2 is 2.45 bits per heavy atom. The van der Waals surface area contributed by atoms with Crippen LogP contribution in [-0.2, 0) is 0 Å². The monoisotopic (exact) mass is 151 g/mol. The molecule has 11 heavy (non-hydrogen) atoms.